The second kappa shape index (κ2) is 11.7. The molecule has 2 atom stereocenters. The van der Waals surface area contributed by atoms with Crippen LogP contribution in [0.2, 0.25) is 15.2 Å². The van der Waals surface area contributed by atoms with Gasteiger partial charge in [0.2, 0.25) is 5.91 Å². The first-order chi connectivity index (χ1) is 20.3. The van der Waals surface area contributed by atoms with Crippen LogP contribution in [0.15, 0.2) is 78.1 Å². The van der Waals surface area contributed by atoms with Crippen molar-refractivity contribution < 1.29 is 4.79 Å². The predicted molar refractivity (Wildman–Crippen MR) is 163 cm³/mol. The van der Waals surface area contributed by atoms with Crippen molar-refractivity contribution in [2.45, 2.75) is 32.2 Å². The molecule has 0 radical (unpaired) electrons. The van der Waals surface area contributed by atoms with Crippen molar-refractivity contribution in [2.75, 3.05) is 5.32 Å². The number of nitrogens with zero attached hydrogens (tertiary/aromatic N) is 6. The summed E-state index contributed by atoms with van der Waals surface area (Å²) >= 11 is 18.6. The number of hydrogen-bond donors (Lipinski definition) is 1. The highest BCUT2D eigenvalue weighted by atomic mass is 35.5. The molecule has 0 spiro atoms. The molecular weight excluding hydrogens is 597 g/mol. The summed E-state index contributed by atoms with van der Waals surface area (Å²) < 4.78 is 3.09. The fourth-order valence-corrected chi connectivity index (χ4v) is 5.64. The van der Waals surface area contributed by atoms with Crippen LogP contribution in [0.1, 0.15) is 37.9 Å². The van der Waals surface area contributed by atoms with E-state index in [1.54, 1.807) is 47.3 Å². The van der Waals surface area contributed by atoms with Crippen LogP contribution in [-0.4, -0.2) is 35.4 Å². The van der Waals surface area contributed by atoms with Gasteiger partial charge in [-0.25, -0.2) is 9.67 Å². The molecule has 212 valence electrons. The number of pyridine rings is 1. The molecule has 42 heavy (non-hydrogen) atoms. The maximum atomic E-state index is 13.7. The van der Waals surface area contributed by atoms with E-state index < -0.39 is 6.04 Å². The average Bonchev–Trinajstić information content (AvgIpc) is 3.41. The highest BCUT2D eigenvalue weighted by Crippen LogP contribution is 2.35. The van der Waals surface area contributed by atoms with Gasteiger partial charge in [-0.2, -0.15) is 0 Å². The van der Waals surface area contributed by atoms with Gasteiger partial charge in [-0.05, 0) is 60.9 Å². The highest BCUT2D eigenvalue weighted by molar-refractivity contribution is 6.31. The molecule has 0 fully saturated rings. The Morgan fingerprint density at radius 3 is 2.50 bits per heavy atom. The fourth-order valence-electron chi connectivity index (χ4n) is 5.17. The Kier molecular flexibility index (Phi) is 7.81. The summed E-state index contributed by atoms with van der Waals surface area (Å²) in [7, 11) is 0. The lowest BCUT2D eigenvalue weighted by Gasteiger charge is -2.23. The van der Waals surface area contributed by atoms with Crippen molar-refractivity contribution in [3.63, 3.8) is 0 Å². The molecule has 1 aliphatic rings. The second-order valence-electron chi connectivity index (χ2n) is 10.2. The number of hydrogen-bond acceptors (Lipinski definition) is 6. The Morgan fingerprint density at radius 1 is 0.905 bits per heavy atom. The van der Waals surface area contributed by atoms with Crippen LogP contribution in [-0.2, 0) is 4.79 Å². The third-order valence-corrected chi connectivity index (χ3v) is 8.00. The van der Waals surface area contributed by atoms with Gasteiger partial charge in [0, 0.05) is 39.4 Å². The maximum absolute atomic E-state index is 13.7. The molecule has 1 aliphatic heterocycles. The number of halogens is 3. The quantitative estimate of drug-likeness (QED) is 0.236. The van der Waals surface area contributed by atoms with E-state index in [9.17, 15) is 9.59 Å². The van der Waals surface area contributed by atoms with Crippen LogP contribution in [0.3, 0.4) is 0 Å². The normalized spacial score (nSPS) is 17.1. The Hall–Kier alpha value is -4.05. The topological polar surface area (TPSA) is 108 Å². The lowest BCUT2D eigenvalue weighted by molar-refractivity contribution is -0.119. The molecule has 4 heterocycles. The first kappa shape index (κ1) is 28.1. The van der Waals surface area contributed by atoms with E-state index in [0.29, 0.717) is 57.6 Å². The number of aromatic nitrogens is 6. The zero-order valence-corrected chi connectivity index (χ0v) is 24.6. The van der Waals surface area contributed by atoms with Crippen LogP contribution in [0.25, 0.3) is 28.1 Å². The maximum Gasteiger partial charge on any atom is 0.254 e. The van der Waals surface area contributed by atoms with E-state index in [0.717, 1.165) is 11.1 Å². The van der Waals surface area contributed by atoms with Crippen molar-refractivity contribution >= 4 is 46.4 Å². The van der Waals surface area contributed by atoms with Gasteiger partial charge in [-0.3, -0.25) is 19.1 Å². The molecule has 1 N–H and O–H groups in total. The van der Waals surface area contributed by atoms with E-state index in [2.05, 4.69) is 25.6 Å². The fraction of sp³-hybridized carbons (Fsp3) is 0.200. The van der Waals surface area contributed by atoms with Gasteiger partial charge in [-0.1, -0.05) is 59.4 Å². The van der Waals surface area contributed by atoms with Gasteiger partial charge in [-0.15, -0.1) is 5.10 Å². The monoisotopic (exact) mass is 619 g/mol. The SMILES string of the molecule is C[C@@H]1CCC[C@H](n2cnc(-c3cc(Cl)ccc3-n3cc(Cl)nn3)cc2=O)c2cc(ccn2)-c2ccc(Cl)cc2NC1=O. The molecule has 0 aliphatic carbocycles. The number of fused-ring (bicyclic) bond motifs is 4. The third kappa shape index (κ3) is 5.68. The summed E-state index contributed by atoms with van der Waals surface area (Å²) in [5, 5.41) is 12.2. The lowest BCUT2D eigenvalue weighted by Crippen LogP contribution is -2.27. The minimum Gasteiger partial charge on any atom is -0.325 e. The second-order valence-corrected chi connectivity index (χ2v) is 11.4. The molecule has 6 rings (SSSR count). The summed E-state index contributed by atoms with van der Waals surface area (Å²) in [5.41, 5.74) is 4.38. The Morgan fingerprint density at radius 2 is 1.71 bits per heavy atom. The first-order valence-corrected chi connectivity index (χ1v) is 14.4. The first-order valence-electron chi connectivity index (χ1n) is 13.3. The predicted octanol–water partition coefficient (Wildman–Crippen LogP) is 6.86. The van der Waals surface area contributed by atoms with Crippen molar-refractivity contribution in [2.24, 2.45) is 5.92 Å². The summed E-state index contributed by atoms with van der Waals surface area (Å²) in [6.07, 6.45) is 6.71. The van der Waals surface area contributed by atoms with Crippen molar-refractivity contribution in [3.8, 4) is 28.1 Å². The third-order valence-electron chi connectivity index (χ3n) is 7.35. The standard InChI is InChI=1S/C30H24Cl3N7O2/c1-17-3-2-4-27(25-11-18(9-10-34-25)21-7-5-20(32)13-24(21)36-30(17)42)39-16-35-23(14-29(39)41)22-12-19(31)6-8-26(22)40-15-28(33)37-38-40/h5-17,27H,2-4H2,1H3,(H,36,42)/t17-,27+/m1/s1. The molecule has 12 heteroatoms. The summed E-state index contributed by atoms with van der Waals surface area (Å²) in [5.74, 6) is -0.328. The molecule has 3 aromatic heterocycles. The summed E-state index contributed by atoms with van der Waals surface area (Å²) in [6, 6.07) is 15.5. The number of benzene rings is 2. The molecule has 2 bridgehead atoms. The Balaban J connectivity index is 1.44. The van der Waals surface area contributed by atoms with Gasteiger partial charge in [0.1, 0.15) is 0 Å². The van der Waals surface area contributed by atoms with Gasteiger partial charge >= 0.3 is 0 Å². The Bertz CT molecular complexity index is 1870. The van der Waals surface area contributed by atoms with Gasteiger partial charge in [0.05, 0.1) is 41.3 Å². The van der Waals surface area contributed by atoms with Crippen LogP contribution in [0.4, 0.5) is 5.69 Å². The van der Waals surface area contributed by atoms with Crippen LogP contribution >= 0.6 is 34.8 Å². The lowest BCUT2D eigenvalue weighted by atomic mass is 9.95. The average molecular weight is 621 g/mol. The van der Waals surface area contributed by atoms with Gasteiger partial charge in [0.25, 0.3) is 5.56 Å². The Labute approximate surface area is 256 Å². The van der Waals surface area contributed by atoms with E-state index in [-0.39, 0.29) is 22.5 Å². The van der Waals surface area contributed by atoms with Crippen molar-refractivity contribution in [1.82, 2.24) is 29.5 Å². The van der Waals surface area contributed by atoms with E-state index in [4.69, 9.17) is 34.8 Å². The summed E-state index contributed by atoms with van der Waals surface area (Å²) in [6.45, 7) is 1.89. The van der Waals surface area contributed by atoms with Crippen LogP contribution in [0.5, 0.6) is 0 Å². The van der Waals surface area contributed by atoms with E-state index in [1.165, 1.54) is 17.1 Å². The van der Waals surface area contributed by atoms with Gasteiger partial charge in [0.15, 0.2) is 5.15 Å². The molecule has 5 aromatic rings. The number of amides is 1. The minimum atomic E-state index is -0.405. The number of nitrogens with one attached hydrogen (secondary N) is 1. The van der Waals surface area contributed by atoms with E-state index in [1.807, 2.05) is 25.1 Å². The largest absolute Gasteiger partial charge is 0.325 e. The van der Waals surface area contributed by atoms with Crippen LogP contribution in [0, 0.1) is 5.92 Å². The zero-order valence-electron chi connectivity index (χ0n) is 22.3. The molecule has 0 unspecified atom stereocenters. The smallest absolute Gasteiger partial charge is 0.254 e. The molecule has 1 amide bonds. The van der Waals surface area contributed by atoms with Gasteiger partial charge < -0.3 is 5.32 Å². The number of anilines is 1. The highest BCUT2D eigenvalue weighted by Gasteiger charge is 2.23. The molecule has 0 saturated carbocycles. The summed E-state index contributed by atoms with van der Waals surface area (Å²) in [4.78, 5) is 36.0. The molecule has 0 saturated heterocycles. The number of carbonyl (C=O) groups excluding carboxylic acids is 1. The number of rotatable bonds is 3. The van der Waals surface area contributed by atoms with Crippen LogP contribution < -0.4 is 10.9 Å². The van der Waals surface area contributed by atoms with Crippen molar-refractivity contribution in [1.29, 1.82) is 0 Å². The van der Waals surface area contributed by atoms with Crippen molar-refractivity contribution in [3.05, 3.63) is 105 Å². The molecule has 9 nitrogen and oxygen atoms in total. The molecular formula is C30H24Cl3N7O2. The zero-order chi connectivity index (χ0) is 29.4. The number of carbonyl (C=O) groups is 1. The molecule has 2 aromatic carbocycles. The minimum absolute atomic E-state index is 0.0842. The van der Waals surface area contributed by atoms with E-state index >= 15 is 0 Å².